The van der Waals surface area contributed by atoms with Gasteiger partial charge < -0.3 is 5.32 Å². The van der Waals surface area contributed by atoms with Crippen LogP contribution in [0.3, 0.4) is 0 Å². The van der Waals surface area contributed by atoms with Gasteiger partial charge in [-0.3, -0.25) is 0 Å². The maximum atomic E-state index is 8.76. The second-order valence-corrected chi connectivity index (χ2v) is 5.10. The third-order valence-electron chi connectivity index (χ3n) is 3.06. The van der Waals surface area contributed by atoms with E-state index in [1.165, 1.54) is 0 Å². The highest BCUT2D eigenvalue weighted by atomic mass is 32.2. The fourth-order valence-corrected chi connectivity index (χ4v) is 2.40. The predicted octanol–water partition coefficient (Wildman–Crippen LogP) is 2.68. The molecule has 92 valence electrons. The maximum Gasteiger partial charge on any atom is 0.223 e. The Morgan fingerprint density at radius 2 is 2.18 bits per heavy atom. The van der Waals surface area contributed by atoms with Crippen LogP contribution in [-0.4, -0.2) is 27.5 Å². The molecule has 1 aromatic rings. The van der Waals surface area contributed by atoms with Crippen molar-refractivity contribution in [1.29, 1.82) is 5.26 Å². The van der Waals surface area contributed by atoms with Crippen molar-refractivity contribution in [2.75, 3.05) is 18.1 Å². The Balaban J connectivity index is 2.69. The standard InChI is InChI=1S/C12H18N4S/c1-4-12(5-2,17-3)9-15-11-14-7-6-10(8-13)16-11/h6-7H,4-5,9H2,1-3H3,(H,14,15,16). The molecular formula is C12H18N4S. The molecule has 1 N–H and O–H groups in total. The van der Waals surface area contributed by atoms with Crippen molar-refractivity contribution in [2.24, 2.45) is 0 Å². The van der Waals surface area contributed by atoms with E-state index >= 15 is 0 Å². The molecule has 4 nitrogen and oxygen atoms in total. The fourth-order valence-electron chi connectivity index (χ4n) is 1.61. The first-order valence-corrected chi connectivity index (χ1v) is 6.94. The topological polar surface area (TPSA) is 61.6 Å². The highest BCUT2D eigenvalue weighted by Crippen LogP contribution is 2.30. The highest BCUT2D eigenvalue weighted by Gasteiger charge is 2.24. The molecule has 0 unspecified atom stereocenters. The van der Waals surface area contributed by atoms with Gasteiger partial charge in [-0.05, 0) is 25.2 Å². The molecule has 0 bridgehead atoms. The van der Waals surface area contributed by atoms with Crippen molar-refractivity contribution >= 4 is 17.7 Å². The molecule has 0 spiro atoms. The van der Waals surface area contributed by atoms with Gasteiger partial charge in [-0.2, -0.15) is 17.0 Å². The largest absolute Gasteiger partial charge is 0.353 e. The monoisotopic (exact) mass is 250 g/mol. The maximum absolute atomic E-state index is 8.76. The molecule has 0 aliphatic rings. The molecular weight excluding hydrogens is 232 g/mol. The molecule has 0 aliphatic heterocycles. The zero-order chi connectivity index (χ0) is 12.7. The van der Waals surface area contributed by atoms with Crippen LogP contribution < -0.4 is 5.32 Å². The zero-order valence-corrected chi connectivity index (χ0v) is 11.3. The van der Waals surface area contributed by atoms with Gasteiger partial charge in [0.2, 0.25) is 5.95 Å². The molecule has 0 atom stereocenters. The van der Waals surface area contributed by atoms with Crippen LogP contribution in [0, 0.1) is 11.3 Å². The van der Waals surface area contributed by atoms with Crippen molar-refractivity contribution in [3.05, 3.63) is 18.0 Å². The van der Waals surface area contributed by atoms with Crippen molar-refractivity contribution < 1.29 is 0 Å². The molecule has 0 aromatic carbocycles. The minimum Gasteiger partial charge on any atom is -0.353 e. The quantitative estimate of drug-likeness (QED) is 0.841. The van der Waals surface area contributed by atoms with Crippen LogP contribution >= 0.6 is 11.8 Å². The molecule has 1 rings (SSSR count). The smallest absolute Gasteiger partial charge is 0.223 e. The van der Waals surface area contributed by atoms with Crippen LogP contribution in [0.4, 0.5) is 5.95 Å². The summed E-state index contributed by atoms with van der Waals surface area (Å²) in [5.74, 6) is 0.532. The van der Waals surface area contributed by atoms with E-state index in [1.807, 2.05) is 17.8 Å². The Labute approximate surface area is 107 Å². The predicted molar refractivity (Wildman–Crippen MR) is 72.1 cm³/mol. The Bertz CT molecular complexity index is 387. The molecule has 17 heavy (non-hydrogen) atoms. The average molecular weight is 250 g/mol. The van der Waals surface area contributed by atoms with Crippen molar-refractivity contribution in [2.45, 2.75) is 31.4 Å². The summed E-state index contributed by atoms with van der Waals surface area (Å²) in [6, 6.07) is 3.61. The van der Waals surface area contributed by atoms with Crippen molar-refractivity contribution in [1.82, 2.24) is 9.97 Å². The Morgan fingerprint density at radius 3 is 2.71 bits per heavy atom. The first-order valence-electron chi connectivity index (χ1n) is 5.72. The number of anilines is 1. The number of rotatable bonds is 6. The number of hydrogen-bond acceptors (Lipinski definition) is 5. The summed E-state index contributed by atoms with van der Waals surface area (Å²) >= 11 is 1.86. The third-order valence-corrected chi connectivity index (χ3v) is 4.65. The molecule has 0 saturated carbocycles. The van der Waals surface area contributed by atoms with Crippen LogP contribution in [0.1, 0.15) is 32.4 Å². The lowest BCUT2D eigenvalue weighted by Crippen LogP contribution is -2.32. The van der Waals surface area contributed by atoms with E-state index in [9.17, 15) is 0 Å². The van der Waals surface area contributed by atoms with Gasteiger partial charge in [-0.25, -0.2) is 9.97 Å². The number of nitriles is 1. The molecule has 0 amide bonds. The summed E-state index contributed by atoms with van der Waals surface area (Å²) < 4.78 is 0.214. The number of nitrogens with zero attached hydrogens (tertiary/aromatic N) is 3. The van der Waals surface area contributed by atoms with Gasteiger partial charge >= 0.3 is 0 Å². The lowest BCUT2D eigenvalue weighted by molar-refractivity contribution is 0.573. The molecule has 0 fully saturated rings. The molecule has 0 aliphatic carbocycles. The summed E-state index contributed by atoms with van der Waals surface area (Å²) in [5.41, 5.74) is 0.394. The second-order valence-electron chi connectivity index (χ2n) is 3.83. The molecule has 1 aromatic heterocycles. The van der Waals surface area contributed by atoms with E-state index < -0.39 is 0 Å². The van der Waals surface area contributed by atoms with Crippen LogP contribution in [0.15, 0.2) is 12.3 Å². The lowest BCUT2D eigenvalue weighted by Gasteiger charge is -2.29. The first-order chi connectivity index (χ1) is 8.19. The summed E-state index contributed by atoms with van der Waals surface area (Å²) in [4.78, 5) is 8.22. The number of nitrogens with one attached hydrogen (secondary N) is 1. The molecule has 1 heterocycles. The lowest BCUT2D eigenvalue weighted by atomic mass is 10.0. The van der Waals surface area contributed by atoms with Crippen molar-refractivity contribution in [3.63, 3.8) is 0 Å². The van der Waals surface area contributed by atoms with E-state index in [1.54, 1.807) is 12.3 Å². The SMILES string of the molecule is CCC(CC)(CNc1nccc(C#N)n1)SC. The van der Waals surface area contributed by atoms with Crippen LogP contribution in [0.5, 0.6) is 0 Å². The van der Waals surface area contributed by atoms with Crippen LogP contribution in [0.25, 0.3) is 0 Å². The minimum absolute atomic E-state index is 0.214. The van der Waals surface area contributed by atoms with Gasteiger partial charge in [-0.15, -0.1) is 0 Å². The molecule has 0 saturated heterocycles. The normalized spacial score (nSPS) is 10.9. The van der Waals surface area contributed by atoms with Gasteiger partial charge in [-0.1, -0.05) is 13.8 Å². The fraction of sp³-hybridized carbons (Fsp3) is 0.583. The molecule has 0 radical (unpaired) electrons. The Morgan fingerprint density at radius 1 is 1.47 bits per heavy atom. The van der Waals surface area contributed by atoms with E-state index in [4.69, 9.17) is 5.26 Å². The zero-order valence-electron chi connectivity index (χ0n) is 10.5. The summed E-state index contributed by atoms with van der Waals surface area (Å²) in [7, 11) is 0. The van der Waals surface area contributed by atoms with E-state index in [0.29, 0.717) is 11.6 Å². The first kappa shape index (κ1) is 13.8. The van der Waals surface area contributed by atoms with E-state index in [0.717, 1.165) is 19.4 Å². The van der Waals surface area contributed by atoms with E-state index in [2.05, 4.69) is 35.4 Å². The van der Waals surface area contributed by atoms with Gasteiger partial charge in [0.1, 0.15) is 11.8 Å². The minimum atomic E-state index is 0.214. The second kappa shape index (κ2) is 6.45. The van der Waals surface area contributed by atoms with Gasteiger partial charge in [0, 0.05) is 17.5 Å². The summed E-state index contributed by atoms with van der Waals surface area (Å²) in [6.07, 6.45) is 5.92. The third kappa shape index (κ3) is 3.60. The van der Waals surface area contributed by atoms with Crippen LogP contribution in [-0.2, 0) is 0 Å². The Kier molecular flexibility index (Phi) is 5.23. The van der Waals surface area contributed by atoms with Crippen molar-refractivity contribution in [3.8, 4) is 6.07 Å². The number of hydrogen-bond donors (Lipinski definition) is 1. The highest BCUT2D eigenvalue weighted by molar-refractivity contribution is 8.00. The summed E-state index contributed by atoms with van der Waals surface area (Å²) in [5, 5.41) is 12.0. The van der Waals surface area contributed by atoms with Crippen LogP contribution in [0.2, 0.25) is 0 Å². The molecule has 5 heteroatoms. The average Bonchev–Trinajstić information content (AvgIpc) is 2.41. The number of thioether (sulfide) groups is 1. The van der Waals surface area contributed by atoms with Gasteiger partial charge in [0.25, 0.3) is 0 Å². The summed E-state index contributed by atoms with van der Waals surface area (Å²) in [6.45, 7) is 5.19. The Hall–Kier alpha value is -1.28. The van der Waals surface area contributed by atoms with Gasteiger partial charge in [0.15, 0.2) is 0 Å². The van der Waals surface area contributed by atoms with E-state index in [-0.39, 0.29) is 4.75 Å². The number of aromatic nitrogens is 2. The van der Waals surface area contributed by atoms with Gasteiger partial charge in [0.05, 0.1) is 0 Å².